The molecule has 8 rings (SSSR count). The van der Waals surface area contributed by atoms with Crippen molar-refractivity contribution >= 4 is 16.7 Å². The topological polar surface area (TPSA) is 75.4 Å². The van der Waals surface area contributed by atoms with Crippen LogP contribution in [-0.4, -0.2) is 46.2 Å². The molecule has 4 aliphatic rings. The first-order valence-electron chi connectivity index (χ1n) is 15.4. The normalized spacial score (nSPS) is 26.1. The number of amides is 1. The van der Waals surface area contributed by atoms with Gasteiger partial charge in [-0.15, -0.1) is 0 Å². The van der Waals surface area contributed by atoms with E-state index in [1.54, 1.807) is 0 Å². The van der Waals surface area contributed by atoms with Crippen LogP contribution in [0.4, 0.5) is 0 Å². The maximum atomic E-state index is 13.5. The highest BCUT2D eigenvalue weighted by Crippen LogP contribution is 2.44. The van der Waals surface area contributed by atoms with Crippen LogP contribution in [0.1, 0.15) is 72.5 Å². The van der Waals surface area contributed by atoms with Crippen LogP contribution in [0.3, 0.4) is 0 Å². The Balaban J connectivity index is 1.11. The molecule has 0 unspecified atom stereocenters. The molecular formula is C35H40N3O3+. The van der Waals surface area contributed by atoms with Crippen molar-refractivity contribution in [2.75, 3.05) is 19.6 Å². The summed E-state index contributed by atoms with van der Waals surface area (Å²) in [6.45, 7) is 3.78. The Morgan fingerprint density at radius 1 is 0.927 bits per heavy atom. The van der Waals surface area contributed by atoms with Crippen LogP contribution in [0.15, 0.2) is 83.4 Å². The molecular weight excluding hydrogens is 510 g/mol. The van der Waals surface area contributed by atoms with Crippen molar-refractivity contribution in [1.82, 2.24) is 10.3 Å². The van der Waals surface area contributed by atoms with E-state index < -0.39 is 5.60 Å². The third kappa shape index (κ3) is 4.87. The highest BCUT2D eigenvalue weighted by molar-refractivity contribution is 6.07. The number of hydrogen-bond donors (Lipinski definition) is 2. The van der Waals surface area contributed by atoms with E-state index in [0.717, 1.165) is 96.8 Å². The van der Waals surface area contributed by atoms with E-state index in [1.807, 2.05) is 66.9 Å². The predicted octanol–water partition coefficient (Wildman–Crippen LogP) is 6.18. The van der Waals surface area contributed by atoms with Gasteiger partial charge in [0.2, 0.25) is 5.89 Å². The van der Waals surface area contributed by atoms with Gasteiger partial charge in [-0.25, -0.2) is 4.98 Å². The van der Waals surface area contributed by atoms with Crippen molar-refractivity contribution < 1.29 is 18.8 Å². The molecule has 212 valence electrons. The van der Waals surface area contributed by atoms with E-state index in [9.17, 15) is 9.90 Å². The van der Waals surface area contributed by atoms with Crippen molar-refractivity contribution in [3.8, 4) is 0 Å². The number of hydrogen-bond acceptors (Lipinski definition) is 4. The van der Waals surface area contributed by atoms with Crippen LogP contribution in [0.5, 0.6) is 0 Å². The molecule has 2 bridgehead atoms. The molecule has 6 heteroatoms. The van der Waals surface area contributed by atoms with E-state index in [4.69, 9.17) is 9.40 Å². The van der Waals surface area contributed by atoms with Crippen molar-refractivity contribution in [1.29, 1.82) is 0 Å². The molecule has 41 heavy (non-hydrogen) atoms. The Hall–Kier alpha value is -3.48. The zero-order valence-electron chi connectivity index (χ0n) is 23.7. The molecule has 0 spiro atoms. The average Bonchev–Trinajstić information content (AvgIpc) is 3.50. The predicted molar refractivity (Wildman–Crippen MR) is 159 cm³/mol. The lowest BCUT2D eigenvalue weighted by atomic mass is 9.73. The molecule has 3 aliphatic heterocycles. The lowest BCUT2D eigenvalue weighted by Crippen LogP contribution is -2.66. The summed E-state index contributed by atoms with van der Waals surface area (Å²) in [5.74, 6) is 1.87. The summed E-state index contributed by atoms with van der Waals surface area (Å²) in [4.78, 5) is 18.2. The number of carbonyl (C=O) groups is 1. The first-order chi connectivity index (χ1) is 20.0. The molecule has 6 nitrogen and oxygen atoms in total. The summed E-state index contributed by atoms with van der Waals surface area (Å²) < 4.78 is 7.36. The number of carbonyl (C=O) groups excluding carboxylic acids is 1. The summed E-state index contributed by atoms with van der Waals surface area (Å²) in [6, 6.07) is 24.1. The lowest BCUT2D eigenvalue weighted by molar-refractivity contribution is -0.956. The first kappa shape index (κ1) is 26.4. The summed E-state index contributed by atoms with van der Waals surface area (Å²) in [6.07, 6.45) is 9.45. The smallest absolute Gasteiger partial charge is 0.252 e. The molecule has 4 aromatic rings. The third-order valence-corrected chi connectivity index (χ3v) is 10.2. The number of nitrogens with zero attached hydrogens (tertiary/aromatic N) is 2. The SMILES string of the molecule is O=C(N[C@@H]1C[N+]2(Cc3cnc([C@](O)(c4ccccc4)C4CCCCC4)o3)CCC1CC2)c1cccc2ccccc12. The molecule has 2 atom stereocenters. The number of fused-ring (bicyclic) bond motifs is 4. The zero-order chi connectivity index (χ0) is 27.9. The third-order valence-electron chi connectivity index (χ3n) is 10.2. The fraction of sp³-hybridized carbons (Fsp3) is 0.429. The number of benzene rings is 3. The van der Waals surface area contributed by atoms with Crippen LogP contribution in [0.25, 0.3) is 10.8 Å². The van der Waals surface area contributed by atoms with Crippen LogP contribution >= 0.6 is 0 Å². The number of piperidine rings is 3. The fourth-order valence-electron chi connectivity index (χ4n) is 7.98. The Kier molecular flexibility index (Phi) is 6.92. The van der Waals surface area contributed by atoms with Crippen LogP contribution in [-0.2, 0) is 12.1 Å². The number of aliphatic hydroxyl groups is 1. The largest absolute Gasteiger partial charge is 0.436 e. The molecule has 4 heterocycles. The molecule has 4 fully saturated rings. The van der Waals surface area contributed by atoms with Gasteiger partial charge in [0.1, 0.15) is 6.54 Å². The number of quaternary nitrogens is 1. The first-order valence-corrected chi connectivity index (χ1v) is 15.4. The summed E-state index contributed by atoms with van der Waals surface area (Å²) >= 11 is 0. The van der Waals surface area contributed by atoms with Gasteiger partial charge in [-0.2, -0.15) is 0 Å². The lowest BCUT2D eigenvalue weighted by Gasteiger charge is -2.52. The molecule has 1 aliphatic carbocycles. The van der Waals surface area contributed by atoms with Gasteiger partial charge < -0.3 is 19.3 Å². The van der Waals surface area contributed by atoms with Crippen molar-refractivity contribution in [3.05, 3.63) is 102 Å². The molecule has 3 saturated heterocycles. The van der Waals surface area contributed by atoms with Gasteiger partial charge in [0, 0.05) is 24.3 Å². The number of nitrogens with one attached hydrogen (secondary N) is 1. The van der Waals surface area contributed by atoms with Gasteiger partial charge in [-0.1, -0.05) is 86.0 Å². The standard InChI is InChI=1S/C35H39N3O3/c39-33(31-17-9-11-25-10-7-8-16-30(25)31)37-32-24-38(20-18-26(32)19-21-38)23-29-22-36-34(41-29)35(40,27-12-3-1-4-13-27)28-14-5-2-6-15-28/h1,3-4,7-13,16-17,22,26,28,32,40H,2,5-6,14-15,18-21,23-24H2/p+1/t26?,32-,35+,38?/m1/s1. The average molecular weight is 551 g/mol. The maximum absolute atomic E-state index is 13.5. The van der Waals surface area contributed by atoms with E-state index in [0.29, 0.717) is 11.8 Å². The monoisotopic (exact) mass is 550 g/mol. The highest BCUT2D eigenvalue weighted by atomic mass is 16.4. The zero-order valence-corrected chi connectivity index (χ0v) is 23.7. The Morgan fingerprint density at radius 2 is 1.66 bits per heavy atom. The van der Waals surface area contributed by atoms with E-state index in [2.05, 4.69) is 17.4 Å². The van der Waals surface area contributed by atoms with Gasteiger partial charge in [0.05, 0.1) is 31.9 Å². The van der Waals surface area contributed by atoms with Crippen molar-refractivity contribution in [3.63, 3.8) is 0 Å². The Morgan fingerprint density at radius 3 is 2.46 bits per heavy atom. The van der Waals surface area contributed by atoms with E-state index >= 15 is 0 Å². The summed E-state index contributed by atoms with van der Waals surface area (Å²) in [7, 11) is 0. The minimum atomic E-state index is -1.22. The van der Waals surface area contributed by atoms with Crippen LogP contribution in [0.2, 0.25) is 0 Å². The van der Waals surface area contributed by atoms with Crippen molar-refractivity contribution in [2.24, 2.45) is 11.8 Å². The van der Waals surface area contributed by atoms with Gasteiger partial charge >= 0.3 is 0 Å². The second-order valence-corrected chi connectivity index (χ2v) is 12.7. The Bertz CT molecular complexity index is 1510. The molecule has 1 amide bonds. The number of oxazole rings is 1. The second kappa shape index (κ2) is 10.7. The van der Waals surface area contributed by atoms with Crippen LogP contribution < -0.4 is 5.32 Å². The van der Waals surface area contributed by atoms with Gasteiger partial charge in [-0.3, -0.25) is 4.79 Å². The van der Waals surface area contributed by atoms with E-state index in [1.165, 1.54) is 6.42 Å². The quantitative estimate of drug-likeness (QED) is 0.269. The minimum absolute atomic E-state index is 0.0149. The van der Waals surface area contributed by atoms with E-state index in [-0.39, 0.29) is 17.9 Å². The second-order valence-electron chi connectivity index (χ2n) is 12.7. The highest BCUT2D eigenvalue weighted by Gasteiger charge is 2.48. The summed E-state index contributed by atoms with van der Waals surface area (Å²) in [5, 5.41) is 17.7. The molecule has 2 N–H and O–H groups in total. The Labute approximate surface area is 242 Å². The molecule has 0 radical (unpaired) electrons. The fourth-order valence-corrected chi connectivity index (χ4v) is 7.98. The molecule has 1 aromatic heterocycles. The maximum Gasteiger partial charge on any atom is 0.252 e. The van der Waals surface area contributed by atoms with Gasteiger partial charge in [-0.05, 0) is 41.2 Å². The van der Waals surface area contributed by atoms with Gasteiger partial charge in [0.25, 0.3) is 5.91 Å². The minimum Gasteiger partial charge on any atom is -0.436 e. The van der Waals surface area contributed by atoms with Gasteiger partial charge in [0.15, 0.2) is 11.4 Å². The number of aromatic nitrogens is 1. The molecule has 1 saturated carbocycles. The van der Waals surface area contributed by atoms with Crippen LogP contribution in [0, 0.1) is 11.8 Å². The number of rotatable bonds is 7. The van der Waals surface area contributed by atoms with Crippen molar-refractivity contribution in [2.45, 2.75) is 63.1 Å². The molecule has 3 aromatic carbocycles. The summed E-state index contributed by atoms with van der Waals surface area (Å²) in [5.41, 5.74) is 0.389.